The number of rotatable bonds is 7. The zero-order chi connectivity index (χ0) is 19.5. The molecule has 0 unspecified atom stereocenters. The Kier molecular flexibility index (Phi) is 5.46. The molecule has 1 saturated carbocycles. The molecule has 6 nitrogen and oxygen atoms in total. The molecule has 3 aromatic rings. The van der Waals surface area contributed by atoms with Crippen molar-refractivity contribution in [3.05, 3.63) is 62.6 Å². The van der Waals surface area contributed by atoms with Crippen LogP contribution in [0.4, 0.5) is 0 Å². The summed E-state index contributed by atoms with van der Waals surface area (Å²) in [6.45, 7) is 2.97. The number of nitrogens with one attached hydrogen (secondary N) is 1. The standard InChI is InChI=1S/C22H28N4O2/c1-2-14-26-21(27)18-20(24-19(23-18)17-12-6-7-13-17)25(22(26)28)15-8-11-16-9-4-3-5-10-16/h3-5,9-10,17H,2,6-8,11-15H2,1H3,(H,23,24). The Balaban J connectivity index is 1.71. The van der Waals surface area contributed by atoms with E-state index in [1.807, 2.05) is 25.1 Å². The number of imidazole rings is 1. The number of hydrogen-bond donors (Lipinski definition) is 1. The van der Waals surface area contributed by atoms with Crippen LogP contribution in [-0.4, -0.2) is 19.1 Å². The number of aromatic amines is 1. The third kappa shape index (κ3) is 3.55. The molecule has 1 fully saturated rings. The van der Waals surface area contributed by atoms with Gasteiger partial charge in [-0.1, -0.05) is 50.1 Å². The topological polar surface area (TPSA) is 72.7 Å². The highest BCUT2D eigenvalue weighted by atomic mass is 16.2. The van der Waals surface area contributed by atoms with Gasteiger partial charge >= 0.3 is 5.69 Å². The average molecular weight is 380 g/mol. The van der Waals surface area contributed by atoms with Gasteiger partial charge in [0.1, 0.15) is 11.3 Å². The van der Waals surface area contributed by atoms with Crippen LogP contribution in [0.5, 0.6) is 0 Å². The van der Waals surface area contributed by atoms with Gasteiger partial charge in [-0.05, 0) is 37.7 Å². The third-order valence-corrected chi connectivity index (χ3v) is 5.76. The number of aryl methyl sites for hydroxylation is 2. The Morgan fingerprint density at radius 1 is 1.07 bits per heavy atom. The fraction of sp³-hybridized carbons (Fsp3) is 0.500. The summed E-state index contributed by atoms with van der Waals surface area (Å²) < 4.78 is 3.06. The molecular weight excluding hydrogens is 352 g/mol. The molecule has 0 spiro atoms. The molecule has 0 amide bonds. The van der Waals surface area contributed by atoms with Crippen LogP contribution in [0.2, 0.25) is 0 Å². The van der Waals surface area contributed by atoms with Crippen LogP contribution in [-0.2, 0) is 19.5 Å². The van der Waals surface area contributed by atoms with Gasteiger partial charge in [0.2, 0.25) is 0 Å². The molecule has 148 valence electrons. The van der Waals surface area contributed by atoms with Gasteiger partial charge in [0.25, 0.3) is 5.56 Å². The van der Waals surface area contributed by atoms with E-state index in [1.165, 1.54) is 23.0 Å². The van der Waals surface area contributed by atoms with Crippen molar-refractivity contribution in [2.24, 2.45) is 0 Å². The summed E-state index contributed by atoms with van der Waals surface area (Å²) in [6, 6.07) is 10.3. The third-order valence-electron chi connectivity index (χ3n) is 5.76. The molecule has 1 aromatic carbocycles. The largest absolute Gasteiger partial charge is 0.336 e. The van der Waals surface area contributed by atoms with Crippen molar-refractivity contribution in [3.63, 3.8) is 0 Å². The van der Waals surface area contributed by atoms with Gasteiger partial charge in [-0.2, -0.15) is 0 Å². The summed E-state index contributed by atoms with van der Waals surface area (Å²) in [4.78, 5) is 33.9. The van der Waals surface area contributed by atoms with E-state index in [9.17, 15) is 9.59 Å². The van der Waals surface area contributed by atoms with Gasteiger partial charge in [0.15, 0.2) is 5.65 Å². The SMILES string of the molecule is CCCn1c(=O)c2[nH]c(C3CCCC3)nc2n(CCCc2ccccc2)c1=O. The molecule has 1 aliphatic carbocycles. The van der Waals surface area contributed by atoms with Crippen LogP contribution in [0.15, 0.2) is 39.9 Å². The van der Waals surface area contributed by atoms with Gasteiger partial charge < -0.3 is 4.98 Å². The number of benzene rings is 1. The minimum atomic E-state index is -0.239. The highest BCUT2D eigenvalue weighted by Gasteiger charge is 2.23. The molecule has 6 heteroatoms. The zero-order valence-electron chi connectivity index (χ0n) is 16.5. The number of H-pyrrole nitrogens is 1. The second kappa shape index (κ2) is 8.17. The molecule has 0 aliphatic heterocycles. The normalized spacial score (nSPS) is 14.9. The van der Waals surface area contributed by atoms with Crippen LogP contribution in [0.3, 0.4) is 0 Å². The Labute approximate surface area is 164 Å². The maximum Gasteiger partial charge on any atom is 0.332 e. The lowest BCUT2D eigenvalue weighted by molar-refractivity contribution is 0.546. The van der Waals surface area contributed by atoms with E-state index in [2.05, 4.69) is 17.1 Å². The zero-order valence-corrected chi connectivity index (χ0v) is 16.5. The first-order valence-corrected chi connectivity index (χ1v) is 10.5. The molecule has 4 rings (SSSR count). The predicted octanol–water partition coefficient (Wildman–Crippen LogP) is 3.59. The smallest absolute Gasteiger partial charge is 0.332 e. The van der Waals surface area contributed by atoms with Crippen molar-refractivity contribution < 1.29 is 0 Å². The quantitative estimate of drug-likeness (QED) is 0.681. The molecule has 1 N–H and O–H groups in total. The second-order valence-corrected chi connectivity index (χ2v) is 7.78. The summed E-state index contributed by atoms with van der Waals surface area (Å²) in [5.74, 6) is 1.24. The molecule has 0 saturated heterocycles. The van der Waals surface area contributed by atoms with Gasteiger partial charge in [-0.15, -0.1) is 0 Å². The van der Waals surface area contributed by atoms with Gasteiger partial charge in [0.05, 0.1) is 0 Å². The van der Waals surface area contributed by atoms with Crippen LogP contribution in [0.1, 0.15) is 62.8 Å². The number of fused-ring (bicyclic) bond motifs is 1. The van der Waals surface area contributed by atoms with Crippen LogP contribution >= 0.6 is 0 Å². The van der Waals surface area contributed by atoms with E-state index < -0.39 is 0 Å². The Morgan fingerprint density at radius 3 is 2.54 bits per heavy atom. The van der Waals surface area contributed by atoms with Gasteiger partial charge in [-0.25, -0.2) is 9.78 Å². The van der Waals surface area contributed by atoms with E-state index in [-0.39, 0.29) is 11.2 Å². The lowest BCUT2D eigenvalue weighted by Gasteiger charge is -2.10. The molecule has 0 radical (unpaired) electrons. The van der Waals surface area contributed by atoms with Crippen LogP contribution in [0, 0.1) is 0 Å². The molecule has 2 aromatic heterocycles. The second-order valence-electron chi connectivity index (χ2n) is 7.78. The van der Waals surface area contributed by atoms with Crippen LogP contribution in [0.25, 0.3) is 11.2 Å². The highest BCUT2D eigenvalue weighted by molar-refractivity contribution is 5.70. The van der Waals surface area contributed by atoms with Crippen molar-refractivity contribution >= 4 is 11.2 Å². The number of nitrogens with zero attached hydrogens (tertiary/aromatic N) is 3. The summed E-state index contributed by atoms with van der Waals surface area (Å²) in [6.07, 6.45) is 7.06. The molecule has 0 bridgehead atoms. The van der Waals surface area contributed by atoms with Crippen molar-refractivity contribution in [3.8, 4) is 0 Å². The summed E-state index contributed by atoms with van der Waals surface area (Å²) in [5, 5.41) is 0. The maximum atomic E-state index is 13.0. The number of hydrogen-bond acceptors (Lipinski definition) is 3. The average Bonchev–Trinajstić information content (AvgIpc) is 3.38. The van der Waals surface area contributed by atoms with Crippen molar-refractivity contribution in [2.75, 3.05) is 0 Å². The summed E-state index contributed by atoms with van der Waals surface area (Å²) >= 11 is 0. The Hall–Kier alpha value is -2.63. The fourth-order valence-corrected chi connectivity index (χ4v) is 4.29. The fourth-order valence-electron chi connectivity index (χ4n) is 4.29. The Bertz CT molecular complexity index is 1060. The van der Waals surface area contributed by atoms with Crippen LogP contribution < -0.4 is 11.2 Å². The molecule has 0 atom stereocenters. The van der Waals surface area contributed by atoms with Gasteiger partial charge in [0, 0.05) is 19.0 Å². The monoisotopic (exact) mass is 380 g/mol. The first kappa shape index (κ1) is 18.7. The summed E-state index contributed by atoms with van der Waals surface area (Å²) in [7, 11) is 0. The first-order chi connectivity index (χ1) is 13.7. The molecule has 1 aliphatic rings. The van der Waals surface area contributed by atoms with Gasteiger partial charge in [-0.3, -0.25) is 13.9 Å². The van der Waals surface area contributed by atoms with Crippen molar-refractivity contribution in [1.82, 2.24) is 19.1 Å². The van der Waals surface area contributed by atoms with Crippen molar-refractivity contribution in [2.45, 2.75) is 70.9 Å². The van der Waals surface area contributed by atoms with E-state index >= 15 is 0 Å². The molecule has 2 heterocycles. The predicted molar refractivity (Wildman–Crippen MR) is 111 cm³/mol. The summed E-state index contributed by atoms with van der Waals surface area (Å²) in [5.41, 5.74) is 1.78. The minimum Gasteiger partial charge on any atom is -0.336 e. The lowest BCUT2D eigenvalue weighted by atomic mass is 10.1. The minimum absolute atomic E-state index is 0.238. The van der Waals surface area contributed by atoms with E-state index in [0.717, 1.165) is 37.9 Å². The molecule has 28 heavy (non-hydrogen) atoms. The first-order valence-electron chi connectivity index (χ1n) is 10.5. The Morgan fingerprint density at radius 2 is 1.82 bits per heavy atom. The maximum absolute atomic E-state index is 13.0. The lowest BCUT2D eigenvalue weighted by Crippen LogP contribution is -2.40. The van der Waals surface area contributed by atoms with E-state index in [0.29, 0.717) is 30.2 Å². The number of aromatic nitrogens is 4. The van der Waals surface area contributed by atoms with E-state index in [1.54, 1.807) is 4.57 Å². The molecular formula is C22H28N4O2. The van der Waals surface area contributed by atoms with E-state index in [4.69, 9.17) is 4.98 Å². The van der Waals surface area contributed by atoms with Crippen molar-refractivity contribution in [1.29, 1.82) is 0 Å². The highest BCUT2D eigenvalue weighted by Crippen LogP contribution is 2.32.